The molecule has 8 heteroatoms. The number of carbonyl (C=O) groups is 2. The van der Waals surface area contributed by atoms with Gasteiger partial charge in [-0.3, -0.25) is 9.59 Å². The molecule has 0 bridgehead atoms. The highest BCUT2D eigenvalue weighted by molar-refractivity contribution is 6.33. The van der Waals surface area contributed by atoms with E-state index in [0.29, 0.717) is 60.5 Å². The highest BCUT2D eigenvalue weighted by atomic mass is 35.5. The lowest BCUT2D eigenvalue weighted by molar-refractivity contribution is -0.125. The molecule has 1 atom stereocenters. The van der Waals surface area contributed by atoms with Gasteiger partial charge in [-0.1, -0.05) is 11.6 Å². The van der Waals surface area contributed by atoms with E-state index in [2.05, 4.69) is 10.2 Å². The van der Waals surface area contributed by atoms with E-state index in [1.165, 1.54) is 6.92 Å². The van der Waals surface area contributed by atoms with E-state index < -0.39 is 6.10 Å². The molecule has 3 rings (SSSR count). The van der Waals surface area contributed by atoms with Gasteiger partial charge in [0.1, 0.15) is 11.9 Å². The van der Waals surface area contributed by atoms with Gasteiger partial charge >= 0.3 is 0 Å². The maximum atomic E-state index is 12.7. The van der Waals surface area contributed by atoms with E-state index in [1.54, 1.807) is 6.07 Å². The van der Waals surface area contributed by atoms with Gasteiger partial charge in [0.05, 0.1) is 22.9 Å². The number of ketones is 1. The van der Waals surface area contributed by atoms with E-state index in [9.17, 15) is 14.7 Å². The number of benzene rings is 1. The quantitative estimate of drug-likeness (QED) is 0.591. The number of hydrogen-bond acceptors (Lipinski definition) is 6. The van der Waals surface area contributed by atoms with E-state index >= 15 is 0 Å². The lowest BCUT2D eigenvalue weighted by atomic mass is 9.96. The van der Waals surface area contributed by atoms with Crippen LogP contribution in [0.4, 0.5) is 5.69 Å². The number of ether oxygens (including phenoxy) is 1. The number of rotatable bonds is 7. The summed E-state index contributed by atoms with van der Waals surface area (Å²) in [4.78, 5) is 26.0. The van der Waals surface area contributed by atoms with Crippen LogP contribution in [-0.4, -0.2) is 60.6 Å². The van der Waals surface area contributed by atoms with Crippen LogP contribution in [0.5, 0.6) is 5.75 Å². The summed E-state index contributed by atoms with van der Waals surface area (Å²) in [6.45, 7) is 5.03. The Morgan fingerprint density at radius 2 is 2.14 bits per heavy atom. The number of fused-ring (bicyclic) bond motifs is 1. The number of nitrogens with zero attached hydrogens (tertiary/aromatic N) is 1. The van der Waals surface area contributed by atoms with Gasteiger partial charge in [0.15, 0.2) is 5.78 Å². The fourth-order valence-electron chi connectivity index (χ4n) is 3.79. The van der Waals surface area contributed by atoms with Gasteiger partial charge in [-0.2, -0.15) is 0 Å². The number of aliphatic hydroxyl groups excluding tert-OH is 1. The average Bonchev–Trinajstić information content (AvgIpc) is 3.17. The van der Waals surface area contributed by atoms with Crippen LogP contribution < -0.4 is 15.8 Å². The highest BCUT2D eigenvalue weighted by Crippen LogP contribution is 2.38. The monoisotopic (exact) mass is 409 g/mol. The lowest BCUT2D eigenvalue weighted by Gasteiger charge is -2.32. The van der Waals surface area contributed by atoms with Crippen molar-refractivity contribution < 1.29 is 19.4 Å². The minimum absolute atomic E-state index is 0.184. The zero-order chi connectivity index (χ0) is 20.3. The van der Waals surface area contributed by atoms with E-state index in [0.717, 1.165) is 31.5 Å². The molecule has 0 saturated carbocycles. The van der Waals surface area contributed by atoms with Gasteiger partial charge in [0.2, 0.25) is 0 Å². The first-order valence-corrected chi connectivity index (χ1v) is 10.2. The normalized spacial score (nSPS) is 18.4. The number of piperidine rings is 1. The largest absolute Gasteiger partial charge is 0.492 e. The molecule has 4 N–H and O–H groups in total. The van der Waals surface area contributed by atoms with Crippen LogP contribution in [0.3, 0.4) is 0 Å². The van der Waals surface area contributed by atoms with Gasteiger partial charge in [-0.25, -0.2) is 0 Å². The summed E-state index contributed by atoms with van der Waals surface area (Å²) in [5.74, 6) is 0.581. The smallest absolute Gasteiger partial charge is 0.255 e. The topological polar surface area (TPSA) is 105 Å². The molecule has 2 aliphatic heterocycles. The van der Waals surface area contributed by atoms with E-state index in [4.69, 9.17) is 22.1 Å². The van der Waals surface area contributed by atoms with Crippen LogP contribution in [-0.2, 0) is 11.2 Å². The third-order valence-electron chi connectivity index (χ3n) is 5.66. The number of hydrogen-bond donors (Lipinski definition) is 3. The third-order valence-corrected chi connectivity index (χ3v) is 5.97. The minimum atomic E-state index is -0.868. The summed E-state index contributed by atoms with van der Waals surface area (Å²) < 4.78 is 5.60. The Morgan fingerprint density at radius 3 is 2.82 bits per heavy atom. The standard InChI is InChI=1S/C20H28ClN3O4/c1-12(25)17(26)4-8-24-6-2-13(3-7-24)11-23-20(27)15-10-16(21)18(22)14-5-9-28-19(14)15/h10,13,17,26H,2-9,11,22H2,1H3,(H,23,27). The summed E-state index contributed by atoms with van der Waals surface area (Å²) in [7, 11) is 0. The Labute approximate surface area is 170 Å². The molecule has 2 heterocycles. The SMILES string of the molecule is CC(=O)C(O)CCN1CCC(CNC(=O)c2cc(Cl)c(N)c3c2OCC3)CC1. The van der Waals surface area contributed by atoms with Crippen LogP contribution in [0.15, 0.2) is 6.07 Å². The van der Waals surface area contributed by atoms with Gasteiger partial charge in [-0.15, -0.1) is 0 Å². The predicted octanol–water partition coefficient (Wildman–Crippen LogP) is 1.64. The van der Waals surface area contributed by atoms with Crippen molar-refractivity contribution in [2.75, 3.05) is 38.5 Å². The number of aliphatic hydroxyl groups is 1. The maximum absolute atomic E-state index is 12.7. The molecule has 1 aromatic rings. The Bertz CT molecular complexity index is 747. The number of carbonyl (C=O) groups excluding carboxylic acids is 2. The second-order valence-corrected chi connectivity index (χ2v) is 8.04. The molecule has 7 nitrogen and oxygen atoms in total. The number of halogens is 1. The number of nitrogen functional groups attached to an aromatic ring is 1. The molecular weight excluding hydrogens is 382 g/mol. The van der Waals surface area contributed by atoms with Crippen LogP contribution in [0.25, 0.3) is 0 Å². The lowest BCUT2D eigenvalue weighted by Crippen LogP contribution is -2.40. The Balaban J connectivity index is 1.47. The van der Waals surface area contributed by atoms with Crippen molar-refractivity contribution in [3.05, 3.63) is 22.2 Å². The number of nitrogens with two attached hydrogens (primary N) is 1. The van der Waals surface area contributed by atoms with Gasteiger partial charge < -0.3 is 25.8 Å². The van der Waals surface area contributed by atoms with Crippen LogP contribution in [0.1, 0.15) is 42.1 Å². The van der Waals surface area contributed by atoms with Crippen LogP contribution >= 0.6 is 11.6 Å². The fourth-order valence-corrected chi connectivity index (χ4v) is 4.01. The van der Waals surface area contributed by atoms with Gasteiger partial charge in [-0.05, 0) is 51.3 Å². The molecule has 1 unspecified atom stereocenters. The molecule has 1 amide bonds. The minimum Gasteiger partial charge on any atom is -0.492 e. The van der Waals surface area contributed by atoms with Crippen molar-refractivity contribution in [1.29, 1.82) is 0 Å². The zero-order valence-corrected chi connectivity index (χ0v) is 16.9. The van der Waals surface area contributed by atoms with Crippen molar-refractivity contribution in [3.63, 3.8) is 0 Å². The maximum Gasteiger partial charge on any atom is 0.255 e. The highest BCUT2D eigenvalue weighted by Gasteiger charge is 2.26. The molecule has 1 fully saturated rings. The predicted molar refractivity (Wildman–Crippen MR) is 108 cm³/mol. The Hall–Kier alpha value is -1.83. The molecule has 1 saturated heterocycles. The molecule has 1 aromatic carbocycles. The first-order valence-electron chi connectivity index (χ1n) is 9.79. The number of nitrogens with one attached hydrogen (secondary N) is 1. The molecule has 28 heavy (non-hydrogen) atoms. The summed E-state index contributed by atoms with van der Waals surface area (Å²) >= 11 is 6.17. The van der Waals surface area contributed by atoms with Crippen molar-refractivity contribution in [2.45, 2.75) is 38.7 Å². The second kappa shape index (κ2) is 9.11. The van der Waals surface area contributed by atoms with Crippen LogP contribution in [0, 0.1) is 5.92 Å². The number of Topliss-reactive ketones (excluding diaryl/α,β-unsaturated/α-hetero) is 1. The van der Waals surface area contributed by atoms with Crippen molar-refractivity contribution >= 4 is 29.0 Å². The molecule has 154 valence electrons. The first kappa shape index (κ1) is 20.9. The number of anilines is 1. The van der Waals surface area contributed by atoms with Gasteiger partial charge in [0.25, 0.3) is 5.91 Å². The van der Waals surface area contributed by atoms with E-state index in [1.807, 2.05) is 0 Å². The zero-order valence-electron chi connectivity index (χ0n) is 16.2. The molecule has 0 radical (unpaired) electrons. The van der Waals surface area contributed by atoms with Crippen LogP contribution in [0.2, 0.25) is 5.02 Å². The fraction of sp³-hybridized carbons (Fsp3) is 0.600. The summed E-state index contributed by atoms with van der Waals surface area (Å²) in [5, 5.41) is 13.0. The van der Waals surface area contributed by atoms with E-state index in [-0.39, 0.29) is 11.7 Å². The summed E-state index contributed by atoms with van der Waals surface area (Å²) in [6.07, 6.45) is 2.20. The number of likely N-dealkylation sites (tertiary alicyclic amines) is 1. The second-order valence-electron chi connectivity index (χ2n) is 7.64. The molecule has 0 aliphatic carbocycles. The van der Waals surface area contributed by atoms with Crippen molar-refractivity contribution in [3.8, 4) is 5.75 Å². The average molecular weight is 410 g/mol. The Morgan fingerprint density at radius 1 is 1.43 bits per heavy atom. The molecule has 2 aliphatic rings. The third kappa shape index (κ3) is 4.77. The summed E-state index contributed by atoms with van der Waals surface area (Å²) in [6, 6.07) is 1.58. The summed E-state index contributed by atoms with van der Waals surface area (Å²) in [5.41, 5.74) is 7.74. The van der Waals surface area contributed by atoms with Gasteiger partial charge in [0, 0.05) is 25.1 Å². The Kier molecular flexibility index (Phi) is 6.80. The number of amides is 1. The van der Waals surface area contributed by atoms with Crippen molar-refractivity contribution in [2.24, 2.45) is 5.92 Å². The molecule has 0 aromatic heterocycles. The molecule has 0 spiro atoms. The first-order chi connectivity index (χ1) is 13.4. The van der Waals surface area contributed by atoms with Crippen molar-refractivity contribution in [1.82, 2.24) is 10.2 Å². The molecular formula is C20H28ClN3O4.